The first-order valence-electron chi connectivity index (χ1n) is 8.39. The van der Waals surface area contributed by atoms with Crippen LogP contribution in [0.15, 0.2) is 12.3 Å². The minimum Gasteiger partial charge on any atom is -0.336 e. The fraction of sp³-hybridized carbons (Fsp3) is 0.588. The average Bonchev–Trinajstić information content (AvgIpc) is 3.18. The number of piperidine rings is 1. The maximum Gasteiger partial charge on any atom is 0.265 e. The monoisotopic (exact) mass is 330 g/mol. The fourth-order valence-corrected chi connectivity index (χ4v) is 4.47. The summed E-state index contributed by atoms with van der Waals surface area (Å²) in [4.78, 5) is 20.0. The van der Waals surface area contributed by atoms with Gasteiger partial charge in [0.25, 0.3) is 5.91 Å². The Hall–Kier alpha value is -1.69. The van der Waals surface area contributed by atoms with E-state index in [-0.39, 0.29) is 11.9 Å². The van der Waals surface area contributed by atoms with Gasteiger partial charge in [-0.3, -0.25) is 9.48 Å². The third-order valence-electron chi connectivity index (χ3n) is 4.74. The second-order valence-corrected chi connectivity index (χ2v) is 7.82. The van der Waals surface area contributed by atoms with Crippen LogP contribution in [-0.4, -0.2) is 38.7 Å². The van der Waals surface area contributed by atoms with Gasteiger partial charge in [-0.25, -0.2) is 4.98 Å². The van der Waals surface area contributed by atoms with Crippen molar-refractivity contribution in [3.05, 3.63) is 33.5 Å². The number of hydrogen-bond donors (Lipinski definition) is 0. The maximum atomic E-state index is 12.8. The summed E-state index contributed by atoms with van der Waals surface area (Å²) in [6.45, 7) is 5.70. The minimum atomic E-state index is 0.139. The molecule has 1 aliphatic heterocycles. The number of thiazole rings is 1. The predicted octanol–water partition coefficient (Wildman–Crippen LogP) is 3.31. The Kier molecular flexibility index (Phi) is 3.71. The molecule has 23 heavy (non-hydrogen) atoms. The van der Waals surface area contributed by atoms with Crippen LogP contribution in [0.4, 0.5) is 0 Å². The number of likely N-dealkylation sites (tertiary alicyclic amines) is 1. The standard InChI is InChI=1S/C17H22N4OS/c1-11-8-12(2)21(19-11)14-4-3-7-20(10-14)17(22)15-9-18-16(23-15)13-5-6-13/h8-9,13-14H,3-7,10H2,1-2H3/t14-/m1/s1. The summed E-state index contributed by atoms with van der Waals surface area (Å²) in [5.41, 5.74) is 2.22. The number of aryl methyl sites for hydroxylation is 2. The molecular formula is C17H22N4OS. The highest BCUT2D eigenvalue weighted by Gasteiger charge is 2.30. The molecule has 2 aliphatic rings. The van der Waals surface area contributed by atoms with Crippen molar-refractivity contribution in [2.45, 2.75) is 51.5 Å². The third kappa shape index (κ3) is 2.92. The van der Waals surface area contributed by atoms with Crippen molar-refractivity contribution in [2.75, 3.05) is 13.1 Å². The lowest BCUT2D eigenvalue weighted by atomic mass is 10.1. The topological polar surface area (TPSA) is 51.0 Å². The smallest absolute Gasteiger partial charge is 0.265 e. The summed E-state index contributed by atoms with van der Waals surface area (Å²) in [5, 5.41) is 5.74. The van der Waals surface area contributed by atoms with Crippen molar-refractivity contribution in [1.82, 2.24) is 19.7 Å². The van der Waals surface area contributed by atoms with Gasteiger partial charge in [0, 0.05) is 24.7 Å². The third-order valence-corrected chi connectivity index (χ3v) is 5.88. The molecule has 1 saturated heterocycles. The van der Waals surface area contributed by atoms with Crippen LogP contribution in [0, 0.1) is 13.8 Å². The van der Waals surface area contributed by atoms with E-state index in [9.17, 15) is 4.79 Å². The van der Waals surface area contributed by atoms with E-state index in [2.05, 4.69) is 27.8 Å². The molecule has 0 radical (unpaired) electrons. The molecule has 2 aromatic heterocycles. The van der Waals surface area contributed by atoms with Crippen molar-refractivity contribution in [3.63, 3.8) is 0 Å². The maximum absolute atomic E-state index is 12.8. The number of nitrogens with zero attached hydrogens (tertiary/aromatic N) is 4. The van der Waals surface area contributed by atoms with Crippen molar-refractivity contribution in [1.29, 1.82) is 0 Å². The van der Waals surface area contributed by atoms with Crippen LogP contribution in [0.1, 0.15) is 63.7 Å². The second kappa shape index (κ2) is 5.74. The summed E-state index contributed by atoms with van der Waals surface area (Å²) in [6, 6.07) is 2.39. The Morgan fingerprint density at radius 3 is 2.83 bits per heavy atom. The van der Waals surface area contributed by atoms with Crippen LogP contribution in [0.5, 0.6) is 0 Å². The summed E-state index contributed by atoms with van der Waals surface area (Å²) < 4.78 is 2.09. The molecule has 1 amide bonds. The van der Waals surface area contributed by atoms with Gasteiger partial charge >= 0.3 is 0 Å². The number of rotatable bonds is 3. The van der Waals surface area contributed by atoms with Crippen LogP contribution in [0.3, 0.4) is 0 Å². The lowest BCUT2D eigenvalue weighted by molar-refractivity contribution is 0.0676. The number of carbonyl (C=O) groups excluding carboxylic acids is 1. The van der Waals surface area contributed by atoms with E-state index in [1.165, 1.54) is 18.5 Å². The Labute approximate surface area is 140 Å². The highest BCUT2D eigenvalue weighted by molar-refractivity contribution is 7.13. The van der Waals surface area contributed by atoms with Crippen LogP contribution in [-0.2, 0) is 0 Å². The summed E-state index contributed by atoms with van der Waals surface area (Å²) in [7, 11) is 0. The van der Waals surface area contributed by atoms with Crippen LogP contribution < -0.4 is 0 Å². The highest BCUT2D eigenvalue weighted by Crippen LogP contribution is 2.42. The van der Waals surface area contributed by atoms with E-state index < -0.39 is 0 Å². The van der Waals surface area contributed by atoms with Gasteiger partial charge in [-0.05, 0) is 45.6 Å². The number of amides is 1. The molecule has 0 N–H and O–H groups in total. The number of hydrogen-bond acceptors (Lipinski definition) is 4. The molecule has 3 heterocycles. The number of carbonyl (C=O) groups is 1. The zero-order valence-electron chi connectivity index (χ0n) is 13.7. The molecule has 5 nitrogen and oxygen atoms in total. The zero-order valence-corrected chi connectivity index (χ0v) is 14.5. The largest absolute Gasteiger partial charge is 0.336 e. The average molecular weight is 330 g/mol. The van der Waals surface area contributed by atoms with Gasteiger partial charge in [0.1, 0.15) is 4.88 Å². The molecule has 4 rings (SSSR count). The molecule has 1 atom stereocenters. The number of aromatic nitrogens is 3. The van der Waals surface area contributed by atoms with Gasteiger partial charge in [-0.1, -0.05) is 0 Å². The lowest BCUT2D eigenvalue weighted by Crippen LogP contribution is -2.40. The molecule has 122 valence electrons. The van der Waals surface area contributed by atoms with E-state index in [0.717, 1.165) is 41.5 Å². The molecule has 1 saturated carbocycles. The first-order chi connectivity index (χ1) is 11.1. The highest BCUT2D eigenvalue weighted by atomic mass is 32.1. The quantitative estimate of drug-likeness (QED) is 0.867. The van der Waals surface area contributed by atoms with E-state index >= 15 is 0 Å². The van der Waals surface area contributed by atoms with Crippen molar-refractivity contribution < 1.29 is 4.79 Å². The van der Waals surface area contributed by atoms with Gasteiger partial charge in [0.05, 0.1) is 22.9 Å². The summed E-state index contributed by atoms with van der Waals surface area (Å²) >= 11 is 1.58. The van der Waals surface area contributed by atoms with Crippen LogP contribution in [0.25, 0.3) is 0 Å². The minimum absolute atomic E-state index is 0.139. The molecule has 0 aromatic carbocycles. The summed E-state index contributed by atoms with van der Waals surface area (Å²) in [6.07, 6.45) is 6.34. The van der Waals surface area contributed by atoms with Crippen molar-refractivity contribution >= 4 is 17.2 Å². The van der Waals surface area contributed by atoms with Crippen LogP contribution in [0.2, 0.25) is 0 Å². The normalized spacial score (nSPS) is 21.7. The first-order valence-corrected chi connectivity index (χ1v) is 9.21. The van der Waals surface area contributed by atoms with E-state index in [1.54, 1.807) is 17.5 Å². The fourth-order valence-electron chi connectivity index (χ4n) is 3.42. The van der Waals surface area contributed by atoms with Crippen molar-refractivity contribution in [2.24, 2.45) is 0 Å². The van der Waals surface area contributed by atoms with Crippen LogP contribution >= 0.6 is 11.3 Å². The molecular weight excluding hydrogens is 308 g/mol. The molecule has 0 spiro atoms. The Morgan fingerprint density at radius 1 is 1.30 bits per heavy atom. The zero-order chi connectivity index (χ0) is 16.0. The van der Waals surface area contributed by atoms with Gasteiger partial charge in [0.15, 0.2) is 0 Å². The van der Waals surface area contributed by atoms with Gasteiger partial charge in [-0.15, -0.1) is 11.3 Å². The van der Waals surface area contributed by atoms with Gasteiger partial charge in [0.2, 0.25) is 0 Å². The summed E-state index contributed by atoms with van der Waals surface area (Å²) in [5.74, 6) is 0.756. The lowest BCUT2D eigenvalue weighted by Gasteiger charge is -2.33. The molecule has 2 aromatic rings. The molecule has 1 aliphatic carbocycles. The van der Waals surface area contributed by atoms with Gasteiger partial charge in [-0.2, -0.15) is 5.10 Å². The Morgan fingerprint density at radius 2 is 2.13 bits per heavy atom. The van der Waals surface area contributed by atoms with E-state index in [0.29, 0.717) is 5.92 Å². The second-order valence-electron chi connectivity index (χ2n) is 6.76. The molecule has 6 heteroatoms. The predicted molar refractivity (Wildman–Crippen MR) is 90.0 cm³/mol. The Balaban J connectivity index is 1.49. The molecule has 0 bridgehead atoms. The van der Waals surface area contributed by atoms with E-state index in [4.69, 9.17) is 0 Å². The SMILES string of the molecule is Cc1cc(C)n([C@@H]2CCCN(C(=O)c3cnc(C4CC4)s3)C2)n1. The van der Waals surface area contributed by atoms with E-state index in [1.807, 2.05) is 11.8 Å². The Bertz CT molecular complexity index is 731. The van der Waals surface area contributed by atoms with Gasteiger partial charge < -0.3 is 4.90 Å². The first kappa shape index (κ1) is 14.9. The van der Waals surface area contributed by atoms with Crippen molar-refractivity contribution in [3.8, 4) is 0 Å². The molecule has 0 unspecified atom stereocenters. The molecule has 2 fully saturated rings.